The van der Waals surface area contributed by atoms with Gasteiger partial charge in [0, 0.05) is 107 Å². The predicted octanol–water partition coefficient (Wildman–Crippen LogP) is 14.6. The Morgan fingerprint density at radius 2 is 0.683 bits per heavy atom. The van der Waals surface area contributed by atoms with Gasteiger partial charge in [-0.1, -0.05) is 11.6 Å². The Hall–Kier alpha value is -15.4. The van der Waals surface area contributed by atoms with Crippen molar-refractivity contribution >= 4 is 146 Å². The van der Waals surface area contributed by atoms with E-state index in [1.807, 2.05) is 55.4 Å². The van der Waals surface area contributed by atoms with E-state index < -0.39 is 76.3 Å². The molecule has 12 aromatic heterocycles. The summed E-state index contributed by atoms with van der Waals surface area (Å²) in [4.78, 5) is 171. The first-order chi connectivity index (χ1) is 66.1. The third-order valence-corrected chi connectivity index (χ3v) is 20.4. The van der Waals surface area contributed by atoms with E-state index in [9.17, 15) is 62.6 Å². The van der Waals surface area contributed by atoms with Crippen LogP contribution in [0.3, 0.4) is 0 Å². The fourth-order valence-corrected chi connectivity index (χ4v) is 13.1. The van der Waals surface area contributed by atoms with Crippen LogP contribution in [0.1, 0.15) is 245 Å². The van der Waals surface area contributed by atoms with E-state index in [0.717, 1.165) is 19.0 Å². The maximum absolute atomic E-state index is 12.9. The number of rotatable bonds is 21. The number of carboxylic acid groups (broad SMARTS) is 1. The first-order valence-corrected chi connectivity index (χ1v) is 45.7. The summed E-state index contributed by atoms with van der Waals surface area (Å²) in [5.41, 5.74) is 8.54. The van der Waals surface area contributed by atoms with E-state index >= 15 is 0 Å². The Morgan fingerprint density at radius 3 is 0.915 bits per heavy atom. The lowest BCUT2D eigenvalue weighted by atomic mass is 9.77. The molecule has 12 heterocycles. The molecule has 46 nitrogen and oxygen atoms in total. The number of nitrogens with two attached hydrogens (primary N) is 2. The van der Waals surface area contributed by atoms with Crippen LogP contribution in [0.2, 0.25) is 5.15 Å². The smallest absolute Gasteiger partial charge is 0.415 e. The number of aromatic carboxylic acids is 1. The Kier molecular flexibility index (Phi) is 36.7. The molecule has 1 aliphatic rings. The van der Waals surface area contributed by atoms with Gasteiger partial charge in [0.1, 0.15) is 108 Å². The van der Waals surface area contributed by atoms with Crippen LogP contribution < -0.4 is 69.3 Å². The number of halogens is 1. The molecule has 0 saturated heterocycles. The van der Waals surface area contributed by atoms with E-state index in [1.165, 1.54) is 96.6 Å². The van der Waals surface area contributed by atoms with Crippen LogP contribution in [0.5, 0.6) is 0 Å². The molecule has 1 aliphatic carbocycles. The predicted molar refractivity (Wildman–Crippen MR) is 537 cm³/mol. The van der Waals surface area contributed by atoms with Crippen LogP contribution in [0.4, 0.5) is 82.7 Å². The van der Waals surface area contributed by atoms with Crippen LogP contribution in [-0.2, 0) is 33.2 Å². The summed E-state index contributed by atoms with van der Waals surface area (Å²) in [7, 11) is 6.03. The van der Waals surface area contributed by atoms with E-state index in [2.05, 4.69) is 56.3 Å². The lowest BCUT2D eigenvalue weighted by Gasteiger charge is -2.39. The van der Waals surface area contributed by atoms with Gasteiger partial charge in [-0.25, -0.2) is 58.3 Å². The highest BCUT2D eigenvalue weighted by molar-refractivity contribution is 6.30. The van der Waals surface area contributed by atoms with Crippen LogP contribution >= 0.6 is 11.6 Å². The minimum Gasteiger partial charge on any atom is -0.477 e. The van der Waals surface area contributed by atoms with Crippen molar-refractivity contribution in [3.63, 3.8) is 0 Å². The highest BCUT2D eigenvalue weighted by atomic mass is 35.5. The topological polar surface area (TPSA) is 551 Å². The summed E-state index contributed by atoms with van der Waals surface area (Å²) in [6, 6.07) is 19.6. The Morgan fingerprint density at radius 1 is 0.437 bits per heavy atom. The van der Waals surface area contributed by atoms with Gasteiger partial charge in [0.2, 0.25) is 0 Å². The molecule has 766 valence electrons. The molecule has 0 bridgehead atoms. The number of carbonyl (C=O) groups is 8. The minimum atomic E-state index is -1.22. The molecule has 1 saturated carbocycles. The lowest BCUT2D eigenvalue weighted by molar-refractivity contribution is -0.0367. The fraction of sp³-hybridized carbons (Fsp3) is 0.453. The number of carboxylic acids is 1. The third kappa shape index (κ3) is 28.7. The molecule has 13 rings (SSSR count). The number of fused-ring (bicyclic) bond motifs is 4. The van der Waals surface area contributed by atoms with Gasteiger partial charge < -0.3 is 89.1 Å². The zero-order valence-electron chi connectivity index (χ0n) is 85.1. The molecule has 9 N–H and O–H groups in total. The molecule has 2 atom stereocenters. The molecule has 0 spiro atoms. The number of nitrogen functional groups attached to an aromatic ring is 1. The zero-order valence-corrected chi connectivity index (χ0v) is 85.9. The summed E-state index contributed by atoms with van der Waals surface area (Å²) in [6.45, 7) is 43.8. The Bertz CT molecular complexity index is 6640. The number of aliphatic hydroxyl groups is 1. The molecule has 0 aliphatic heterocycles. The summed E-state index contributed by atoms with van der Waals surface area (Å²) in [5.74, 6) is -1.27. The van der Waals surface area contributed by atoms with Crippen LogP contribution in [-0.4, -0.2) is 217 Å². The number of esters is 3. The number of hydrogen-bond acceptors (Lipinski definition) is 33. The molecular formula is C95H128ClN25O21. The average Bonchev–Trinajstić information content (AvgIpc) is 1.62. The van der Waals surface area contributed by atoms with E-state index in [-0.39, 0.29) is 174 Å². The van der Waals surface area contributed by atoms with Gasteiger partial charge in [-0.2, -0.15) is 38.5 Å². The van der Waals surface area contributed by atoms with Gasteiger partial charge in [0.25, 0.3) is 22.2 Å². The maximum Gasteiger partial charge on any atom is 0.415 e. The normalized spacial score (nSPS) is 13.4. The first kappa shape index (κ1) is 112. The lowest BCUT2D eigenvalue weighted by Crippen LogP contribution is -2.54. The van der Waals surface area contributed by atoms with Crippen molar-refractivity contribution < 1.29 is 81.7 Å². The molecule has 12 aromatic rings. The second kappa shape index (κ2) is 46.6. The van der Waals surface area contributed by atoms with Crippen molar-refractivity contribution in [1.82, 2.24) is 76.7 Å². The second-order valence-corrected chi connectivity index (χ2v) is 38.0. The van der Waals surface area contributed by atoms with Gasteiger partial charge >= 0.3 is 48.3 Å². The van der Waals surface area contributed by atoms with E-state index in [4.69, 9.17) is 61.3 Å². The number of hydrogen-bond donors (Lipinski definition) is 7. The van der Waals surface area contributed by atoms with Crippen LogP contribution in [0.15, 0.2) is 142 Å². The van der Waals surface area contributed by atoms with Crippen LogP contribution in [0, 0.1) is 0 Å². The number of nitrogens with one attached hydrogen (secondary N) is 3. The molecule has 47 heteroatoms. The highest BCUT2D eigenvalue weighted by Gasteiger charge is 2.38. The summed E-state index contributed by atoms with van der Waals surface area (Å²) >= 11 is 6.03. The van der Waals surface area contributed by atoms with Crippen molar-refractivity contribution in [2.24, 2.45) is 5.73 Å². The number of anilines is 11. The molecule has 0 radical (unpaired) electrons. The quantitative estimate of drug-likeness (QED) is 0.0199. The molecule has 4 amide bonds. The average molecular weight is 1990 g/mol. The van der Waals surface area contributed by atoms with E-state index in [0.29, 0.717) is 11.5 Å². The zero-order chi connectivity index (χ0) is 106. The van der Waals surface area contributed by atoms with Crippen molar-refractivity contribution in [3.05, 3.63) is 191 Å². The summed E-state index contributed by atoms with van der Waals surface area (Å²) in [5, 5.41) is 44.3. The molecule has 142 heavy (non-hydrogen) atoms. The second-order valence-electron chi connectivity index (χ2n) is 37.6. The largest absolute Gasteiger partial charge is 0.477 e. The number of aromatic nitrogens is 16. The molecule has 1 fully saturated rings. The fourth-order valence-electron chi connectivity index (χ4n) is 12.9. The standard InChI is InChI=1S/2C23H30N6O5.C21H26N6O5.C15H19ClN4O4.C8H12N2O.C5H11NO/c2*1-8-33-21(31)15-13-24-29-18(27(7)22(32)34-23(4,5)6)12-17(26-19(15)29)25-16-10-9-11-28(14(2)3)20(16)30;1-12(2)26-9-7-8-14(18(26)28)23-15-10-16(25(6)20(31)32-21(3,4)5)27-17(24-15)13(11-22-27)19(29)30;1-6-23-13(21)9-8-17-20-11(7-10(16)18-12(9)20)19(5)14(22)24-15(2,3)4;1-6(2)10-5-3-4-7(9)8(10)11;1-5(7)3-2-4(5)6/h2*9-14H,8H2,1-7H3,(H,25,26);7-12H,1-6H3,(H,23,24)(H,29,30);7-8H,6H2,1-5H3;3-6H,9H2,1-2H3;4,7H,2-3,6H2,1H3/t;;;;;4-,5+/m.....0/s1. The first-order valence-electron chi connectivity index (χ1n) is 45.3. The number of pyridine rings is 4. The van der Waals surface area contributed by atoms with Crippen molar-refractivity contribution in [2.45, 2.75) is 237 Å². The Labute approximate surface area is 823 Å². The monoisotopic (exact) mass is 1990 g/mol. The summed E-state index contributed by atoms with van der Waals surface area (Å²) < 4.78 is 48.5. The SMILES string of the molecule is CC(C)n1cccc(N)c1=O.CC(C)n1cccc(Nc2cc(N(C)C(=O)OC(C)(C)C)n3ncc(C(=O)O)c3n2)c1=O.CCOC(=O)c1cnn2c(N(C)C(=O)OC(C)(C)C)cc(Cl)nc12.CCOC(=O)c1cnn2c(N(C)C(=O)OC(C)(C)C)cc(Nc3cccn(C(C)C)c3=O)nc12.CCOC(=O)c1cnn2c(N(C)C(=O)OC(C)(C)C)cc(Nc3cccn(C(C)C)c3=O)nc12.C[C@@]1(O)CC[C@@H]1N. The maximum atomic E-state index is 12.9. The van der Waals surface area contributed by atoms with Crippen molar-refractivity contribution in [1.29, 1.82) is 0 Å². The van der Waals surface area contributed by atoms with Gasteiger partial charge in [-0.3, -0.25) is 38.8 Å². The van der Waals surface area contributed by atoms with Crippen molar-refractivity contribution in [3.8, 4) is 0 Å². The molecular weight excluding hydrogens is 1860 g/mol. The number of amides is 4. The summed E-state index contributed by atoms with van der Waals surface area (Å²) in [6.07, 6.45) is 11.3. The van der Waals surface area contributed by atoms with Crippen molar-refractivity contribution in [2.75, 3.05) is 89.3 Å². The Balaban J connectivity index is 0.000000219. The van der Waals surface area contributed by atoms with Gasteiger partial charge in [0.15, 0.2) is 22.6 Å². The van der Waals surface area contributed by atoms with Gasteiger partial charge in [0.05, 0.1) is 55.9 Å². The number of nitrogens with zero attached hydrogens (tertiary/aromatic N) is 20. The third-order valence-electron chi connectivity index (χ3n) is 20.2. The molecule has 0 aromatic carbocycles. The van der Waals surface area contributed by atoms with Crippen LogP contribution in [0.25, 0.3) is 22.6 Å². The minimum absolute atomic E-state index is 0.00743. The number of ether oxygens (including phenoxy) is 7. The van der Waals surface area contributed by atoms with E-state index in [1.54, 1.807) is 214 Å². The van der Waals surface area contributed by atoms with Gasteiger partial charge in [-0.15, -0.1) is 0 Å². The number of carbonyl (C=O) groups excluding carboxylic acids is 7. The highest BCUT2D eigenvalue weighted by Crippen LogP contribution is 2.33. The van der Waals surface area contributed by atoms with Gasteiger partial charge in [-0.05, 0) is 228 Å². The molecule has 0 unspecified atom stereocenters.